The van der Waals surface area contributed by atoms with Gasteiger partial charge in [0.25, 0.3) is 0 Å². The lowest BCUT2D eigenvalue weighted by Gasteiger charge is -2.01. The Labute approximate surface area is 115 Å². The minimum atomic E-state index is 1.10. The predicted octanol–water partition coefficient (Wildman–Crippen LogP) is 4.51. The molecule has 2 nitrogen and oxygen atoms in total. The number of fused-ring (bicyclic) bond motifs is 1. The Hall–Kier alpha value is -2.31. The number of hydrogen-bond donors (Lipinski definition) is 0. The van der Waals surface area contributed by atoms with Gasteiger partial charge in [-0.25, -0.2) is 0 Å². The number of aromatic nitrogens is 1. The van der Waals surface area contributed by atoms with Gasteiger partial charge in [-0.1, -0.05) is 6.07 Å². The Morgan fingerprint density at radius 1 is 1.26 bits per heavy atom. The van der Waals surface area contributed by atoms with Crippen LogP contribution in [0.2, 0.25) is 0 Å². The SMILES string of the molecule is Cc1cc2ccccn2c1-c1ccc(/C=C\C#N)s1. The third-order valence-electron chi connectivity index (χ3n) is 3.05. The zero-order chi connectivity index (χ0) is 13.2. The van der Waals surface area contributed by atoms with Crippen LogP contribution in [0.15, 0.2) is 48.7 Å². The molecule has 0 spiro atoms. The van der Waals surface area contributed by atoms with Crippen LogP contribution in [0.5, 0.6) is 0 Å². The Kier molecular flexibility index (Phi) is 2.94. The third kappa shape index (κ3) is 2.07. The molecular weight excluding hydrogens is 252 g/mol. The van der Waals surface area contributed by atoms with Crippen molar-refractivity contribution < 1.29 is 0 Å². The van der Waals surface area contributed by atoms with E-state index in [1.807, 2.05) is 24.3 Å². The molecule has 0 saturated carbocycles. The van der Waals surface area contributed by atoms with E-state index < -0.39 is 0 Å². The van der Waals surface area contributed by atoms with Crippen LogP contribution in [0, 0.1) is 18.3 Å². The fourth-order valence-corrected chi connectivity index (χ4v) is 3.28. The summed E-state index contributed by atoms with van der Waals surface area (Å²) in [7, 11) is 0. The lowest BCUT2D eigenvalue weighted by molar-refractivity contribution is 1.20. The van der Waals surface area contributed by atoms with Crippen LogP contribution >= 0.6 is 11.3 Å². The lowest BCUT2D eigenvalue weighted by Crippen LogP contribution is -1.85. The summed E-state index contributed by atoms with van der Waals surface area (Å²) in [5.41, 5.74) is 3.71. The highest BCUT2D eigenvalue weighted by Gasteiger charge is 2.10. The van der Waals surface area contributed by atoms with Crippen molar-refractivity contribution in [3.05, 3.63) is 59.1 Å². The molecule has 92 valence electrons. The molecule has 0 fully saturated rings. The molecule has 19 heavy (non-hydrogen) atoms. The Bertz CT molecular complexity index is 800. The van der Waals surface area contributed by atoms with Gasteiger partial charge in [0.2, 0.25) is 0 Å². The number of rotatable bonds is 2. The second kappa shape index (κ2) is 4.75. The molecule has 0 unspecified atom stereocenters. The topological polar surface area (TPSA) is 28.2 Å². The van der Waals surface area contributed by atoms with Gasteiger partial charge in [-0.3, -0.25) is 0 Å². The second-order valence-electron chi connectivity index (χ2n) is 4.34. The van der Waals surface area contributed by atoms with Crippen LogP contribution in [-0.2, 0) is 0 Å². The molecule has 0 aliphatic carbocycles. The molecule has 0 bridgehead atoms. The van der Waals surface area contributed by atoms with Crippen LogP contribution in [0.1, 0.15) is 10.4 Å². The maximum absolute atomic E-state index is 8.57. The smallest absolute Gasteiger partial charge is 0.0912 e. The molecule has 0 saturated heterocycles. The Morgan fingerprint density at radius 2 is 2.16 bits per heavy atom. The van der Waals surface area contributed by atoms with Crippen molar-refractivity contribution in [2.75, 3.05) is 0 Å². The third-order valence-corrected chi connectivity index (χ3v) is 4.11. The van der Waals surface area contributed by atoms with Gasteiger partial charge < -0.3 is 4.40 Å². The molecule has 0 aromatic carbocycles. The van der Waals surface area contributed by atoms with E-state index in [2.05, 4.69) is 41.8 Å². The van der Waals surface area contributed by atoms with Gasteiger partial charge in [0.05, 0.1) is 16.6 Å². The predicted molar refractivity (Wildman–Crippen MR) is 80.1 cm³/mol. The summed E-state index contributed by atoms with van der Waals surface area (Å²) >= 11 is 1.70. The molecule has 3 aromatic rings. The molecular formula is C16H12N2S. The number of hydrogen-bond acceptors (Lipinski definition) is 2. The molecule has 0 radical (unpaired) electrons. The van der Waals surface area contributed by atoms with Gasteiger partial charge in [0.1, 0.15) is 0 Å². The van der Waals surface area contributed by atoms with Crippen LogP contribution in [-0.4, -0.2) is 4.40 Å². The average molecular weight is 264 g/mol. The van der Waals surface area contributed by atoms with E-state index in [-0.39, 0.29) is 0 Å². The van der Waals surface area contributed by atoms with Crippen molar-refractivity contribution in [3.63, 3.8) is 0 Å². The molecule has 3 aromatic heterocycles. The molecule has 0 aliphatic heterocycles. The van der Waals surface area contributed by atoms with Crippen LogP contribution in [0.4, 0.5) is 0 Å². The minimum absolute atomic E-state index is 1.10. The highest BCUT2D eigenvalue weighted by Crippen LogP contribution is 2.33. The standard InChI is InChI=1S/C16H12N2S/c1-12-11-13-5-2-3-10-18(13)16(12)15-8-7-14(19-15)6-4-9-17/h2-8,10-11H,1H3/b6-4-. The molecule has 0 atom stereocenters. The van der Waals surface area contributed by atoms with E-state index in [1.165, 1.54) is 27.7 Å². The molecule has 0 amide bonds. The summed E-state index contributed by atoms with van der Waals surface area (Å²) in [4.78, 5) is 2.32. The Balaban J connectivity index is 2.14. The summed E-state index contributed by atoms with van der Waals surface area (Å²) in [6.45, 7) is 2.13. The second-order valence-corrected chi connectivity index (χ2v) is 5.45. The first-order valence-corrected chi connectivity index (χ1v) is 6.84. The highest BCUT2D eigenvalue weighted by atomic mass is 32.1. The quantitative estimate of drug-likeness (QED) is 0.626. The zero-order valence-corrected chi connectivity index (χ0v) is 11.3. The fourth-order valence-electron chi connectivity index (χ4n) is 2.26. The van der Waals surface area contributed by atoms with Gasteiger partial charge in [-0.2, -0.15) is 5.26 Å². The molecule has 3 rings (SSSR count). The lowest BCUT2D eigenvalue weighted by atomic mass is 10.2. The summed E-state index contributed by atoms with van der Waals surface area (Å²) in [6, 6.07) is 14.6. The average Bonchev–Trinajstić information content (AvgIpc) is 2.99. The van der Waals surface area contributed by atoms with Gasteiger partial charge in [-0.05, 0) is 48.9 Å². The summed E-state index contributed by atoms with van der Waals surface area (Å²) in [6.07, 6.45) is 5.44. The van der Waals surface area contributed by atoms with Crippen molar-refractivity contribution in [2.45, 2.75) is 6.92 Å². The van der Waals surface area contributed by atoms with Crippen LogP contribution in [0.3, 0.4) is 0 Å². The number of thiophene rings is 1. The summed E-state index contributed by atoms with van der Waals surface area (Å²) in [5, 5.41) is 8.57. The molecule has 3 heteroatoms. The number of nitriles is 1. The first-order chi connectivity index (χ1) is 9.29. The molecule has 0 aliphatic rings. The van der Waals surface area contributed by atoms with Gasteiger partial charge in [-0.15, -0.1) is 11.3 Å². The number of pyridine rings is 1. The van der Waals surface area contributed by atoms with Crippen LogP contribution in [0.25, 0.3) is 22.2 Å². The van der Waals surface area contributed by atoms with Gasteiger partial charge >= 0.3 is 0 Å². The van der Waals surface area contributed by atoms with Crippen molar-refractivity contribution in [2.24, 2.45) is 0 Å². The van der Waals surface area contributed by atoms with E-state index in [0.29, 0.717) is 0 Å². The summed E-state index contributed by atoms with van der Waals surface area (Å²) < 4.78 is 2.21. The van der Waals surface area contributed by atoms with Crippen molar-refractivity contribution in [1.29, 1.82) is 5.26 Å². The maximum Gasteiger partial charge on any atom is 0.0912 e. The van der Waals surface area contributed by atoms with Gasteiger partial charge in [0.15, 0.2) is 0 Å². The van der Waals surface area contributed by atoms with E-state index in [0.717, 1.165) is 4.88 Å². The number of allylic oxidation sites excluding steroid dienone is 1. The fraction of sp³-hybridized carbons (Fsp3) is 0.0625. The van der Waals surface area contributed by atoms with E-state index in [9.17, 15) is 0 Å². The number of nitrogens with zero attached hydrogens (tertiary/aromatic N) is 2. The Morgan fingerprint density at radius 3 is 3.00 bits per heavy atom. The van der Waals surface area contributed by atoms with Crippen molar-refractivity contribution in [3.8, 4) is 16.6 Å². The number of aryl methyl sites for hydroxylation is 1. The normalized spacial score (nSPS) is 11.2. The molecule has 0 N–H and O–H groups in total. The zero-order valence-electron chi connectivity index (χ0n) is 10.5. The largest absolute Gasteiger partial charge is 0.316 e. The van der Waals surface area contributed by atoms with Gasteiger partial charge in [0, 0.05) is 22.7 Å². The van der Waals surface area contributed by atoms with Crippen LogP contribution < -0.4 is 0 Å². The van der Waals surface area contributed by atoms with Crippen molar-refractivity contribution in [1.82, 2.24) is 4.40 Å². The van der Waals surface area contributed by atoms with Crippen molar-refractivity contribution >= 4 is 22.9 Å². The molecule has 3 heterocycles. The van der Waals surface area contributed by atoms with E-state index in [1.54, 1.807) is 11.3 Å². The first kappa shape index (κ1) is 11.8. The van der Waals surface area contributed by atoms with E-state index in [4.69, 9.17) is 5.26 Å². The minimum Gasteiger partial charge on any atom is -0.316 e. The van der Waals surface area contributed by atoms with E-state index >= 15 is 0 Å². The maximum atomic E-state index is 8.57. The highest BCUT2D eigenvalue weighted by molar-refractivity contribution is 7.16. The summed E-state index contributed by atoms with van der Waals surface area (Å²) in [5.74, 6) is 0. The monoisotopic (exact) mass is 264 g/mol. The first-order valence-electron chi connectivity index (χ1n) is 6.02.